The molecule has 3 aromatic heterocycles. The Kier molecular flexibility index (Phi) is 6.08. The van der Waals surface area contributed by atoms with Crippen molar-refractivity contribution in [1.82, 2.24) is 25.5 Å². The van der Waals surface area contributed by atoms with E-state index >= 15 is 0 Å². The molecule has 0 saturated carbocycles. The summed E-state index contributed by atoms with van der Waals surface area (Å²) in [6.45, 7) is 0. The normalized spacial score (nSPS) is 12.7. The van der Waals surface area contributed by atoms with E-state index in [0.717, 1.165) is 11.1 Å². The fraction of sp³-hybridized carbons (Fsp3) is 0.167. The molecule has 1 amide bonds. The average Bonchev–Trinajstić information content (AvgIpc) is 3.61. The summed E-state index contributed by atoms with van der Waals surface area (Å²) in [5, 5.41) is 14.8. The van der Waals surface area contributed by atoms with E-state index in [0.29, 0.717) is 17.3 Å². The summed E-state index contributed by atoms with van der Waals surface area (Å²) in [5.74, 6) is -0.591. The van der Waals surface area contributed by atoms with E-state index in [1.54, 1.807) is 12.1 Å². The lowest BCUT2D eigenvalue weighted by atomic mass is 9.98. The Morgan fingerprint density at radius 2 is 1.91 bits per heavy atom. The van der Waals surface area contributed by atoms with E-state index in [9.17, 15) is 18.0 Å². The zero-order valence-electron chi connectivity index (χ0n) is 18.0. The van der Waals surface area contributed by atoms with Crippen LogP contribution in [0.25, 0.3) is 22.5 Å². The number of carbonyl (C=O) groups excluding carboxylic acids is 1. The Hall–Kier alpha value is -3.99. The van der Waals surface area contributed by atoms with E-state index in [1.165, 1.54) is 17.4 Å². The molecule has 3 heterocycles. The van der Waals surface area contributed by atoms with Gasteiger partial charge in [-0.1, -0.05) is 36.4 Å². The second kappa shape index (κ2) is 9.34. The Morgan fingerprint density at radius 3 is 2.66 bits per heavy atom. The number of nitrogens with one attached hydrogen (secondary N) is 2. The van der Waals surface area contributed by atoms with Gasteiger partial charge >= 0.3 is 6.18 Å². The first-order chi connectivity index (χ1) is 16.9. The van der Waals surface area contributed by atoms with Gasteiger partial charge in [0.1, 0.15) is 0 Å². The van der Waals surface area contributed by atoms with Gasteiger partial charge in [-0.2, -0.15) is 24.5 Å². The molecule has 11 heteroatoms. The minimum absolute atomic E-state index is 0.0964. The van der Waals surface area contributed by atoms with Crippen LogP contribution >= 0.6 is 11.3 Å². The van der Waals surface area contributed by atoms with Gasteiger partial charge in [0, 0.05) is 23.8 Å². The summed E-state index contributed by atoms with van der Waals surface area (Å²) in [6.07, 6.45) is -4.23. The predicted octanol–water partition coefficient (Wildman–Crippen LogP) is 5.53. The minimum atomic E-state index is -4.58. The molecule has 1 atom stereocenters. The second-order valence-electron chi connectivity index (χ2n) is 7.78. The molecule has 35 heavy (non-hydrogen) atoms. The fourth-order valence-corrected chi connectivity index (χ4v) is 4.29. The van der Waals surface area contributed by atoms with Crippen molar-refractivity contribution in [2.24, 2.45) is 0 Å². The number of aromatic nitrogens is 4. The quantitative estimate of drug-likeness (QED) is 0.308. The van der Waals surface area contributed by atoms with Gasteiger partial charge in [0.15, 0.2) is 0 Å². The molecular formula is C24H18F3N5O2S. The lowest BCUT2D eigenvalue weighted by Gasteiger charge is -2.20. The number of nitrogens with zero attached hydrogens (tertiary/aromatic N) is 3. The summed E-state index contributed by atoms with van der Waals surface area (Å²) < 4.78 is 44.8. The second-order valence-corrected chi connectivity index (χ2v) is 8.56. The van der Waals surface area contributed by atoms with Crippen LogP contribution in [0.4, 0.5) is 13.2 Å². The van der Waals surface area contributed by atoms with Crippen LogP contribution in [0.2, 0.25) is 0 Å². The summed E-state index contributed by atoms with van der Waals surface area (Å²) in [5.41, 5.74) is 2.65. The molecule has 178 valence electrons. The average molecular weight is 498 g/mol. The van der Waals surface area contributed by atoms with Gasteiger partial charge in [0.2, 0.25) is 23.5 Å². The largest absolute Gasteiger partial charge is 0.449 e. The van der Waals surface area contributed by atoms with Gasteiger partial charge in [-0.25, -0.2) is 4.98 Å². The molecule has 0 spiro atoms. The number of imidazole rings is 1. The van der Waals surface area contributed by atoms with Crippen molar-refractivity contribution < 1.29 is 22.4 Å². The van der Waals surface area contributed by atoms with Gasteiger partial charge in [-0.15, -0.1) is 10.2 Å². The molecule has 0 aliphatic carbocycles. The maximum atomic E-state index is 13.1. The Morgan fingerprint density at radius 1 is 1.09 bits per heavy atom. The number of rotatable bonds is 7. The fourth-order valence-electron chi connectivity index (χ4n) is 3.66. The SMILES string of the molecule is O=C(CCc1nnc(-c2ccsc2)o1)NC(c1ccccc1)c1ccc2nc(C(F)(F)F)[nH]c2c1. The van der Waals surface area contributed by atoms with Crippen LogP contribution in [-0.2, 0) is 17.4 Å². The van der Waals surface area contributed by atoms with Crippen LogP contribution < -0.4 is 5.32 Å². The smallest absolute Gasteiger partial charge is 0.421 e. The van der Waals surface area contributed by atoms with E-state index < -0.39 is 18.0 Å². The monoisotopic (exact) mass is 497 g/mol. The highest BCUT2D eigenvalue weighted by Gasteiger charge is 2.34. The number of hydrogen-bond donors (Lipinski definition) is 2. The number of fused-ring (bicyclic) bond motifs is 1. The van der Waals surface area contributed by atoms with Crippen LogP contribution in [0.3, 0.4) is 0 Å². The molecule has 5 aromatic rings. The molecule has 5 rings (SSSR count). The molecule has 0 radical (unpaired) electrons. The number of aryl methyl sites for hydroxylation is 1. The Bertz CT molecular complexity index is 1450. The molecule has 7 nitrogen and oxygen atoms in total. The predicted molar refractivity (Wildman–Crippen MR) is 123 cm³/mol. The Balaban J connectivity index is 1.34. The van der Waals surface area contributed by atoms with E-state index in [1.807, 2.05) is 47.2 Å². The van der Waals surface area contributed by atoms with Gasteiger partial charge in [-0.3, -0.25) is 4.79 Å². The van der Waals surface area contributed by atoms with Crippen molar-refractivity contribution in [3.05, 3.63) is 88.2 Å². The maximum Gasteiger partial charge on any atom is 0.449 e. The summed E-state index contributed by atoms with van der Waals surface area (Å²) in [4.78, 5) is 18.8. The van der Waals surface area contributed by atoms with Crippen molar-refractivity contribution in [2.45, 2.75) is 25.1 Å². The highest BCUT2D eigenvalue weighted by atomic mass is 32.1. The molecule has 1 unspecified atom stereocenters. The van der Waals surface area contributed by atoms with E-state index in [4.69, 9.17) is 4.42 Å². The van der Waals surface area contributed by atoms with Crippen molar-refractivity contribution >= 4 is 28.3 Å². The molecule has 0 aliphatic rings. The minimum Gasteiger partial charge on any atom is -0.421 e. The zero-order chi connectivity index (χ0) is 24.4. The molecule has 0 aliphatic heterocycles. The van der Waals surface area contributed by atoms with Crippen molar-refractivity contribution in [3.8, 4) is 11.5 Å². The van der Waals surface area contributed by atoms with Gasteiger partial charge in [0.05, 0.1) is 17.1 Å². The highest BCUT2D eigenvalue weighted by Crippen LogP contribution is 2.30. The van der Waals surface area contributed by atoms with Crippen molar-refractivity contribution in [3.63, 3.8) is 0 Å². The number of benzene rings is 2. The van der Waals surface area contributed by atoms with Crippen LogP contribution in [-0.4, -0.2) is 26.1 Å². The number of hydrogen-bond acceptors (Lipinski definition) is 6. The van der Waals surface area contributed by atoms with Gasteiger partial charge in [0.25, 0.3) is 0 Å². The van der Waals surface area contributed by atoms with Gasteiger partial charge < -0.3 is 14.7 Å². The van der Waals surface area contributed by atoms with E-state index in [-0.39, 0.29) is 29.8 Å². The third-order valence-electron chi connectivity index (χ3n) is 5.35. The lowest BCUT2D eigenvalue weighted by molar-refractivity contribution is -0.144. The summed E-state index contributed by atoms with van der Waals surface area (Å²) in [7, 11) is 0. The highest BCUT2D eigenvalue weighted by molar-refractivity contribution is 7.08. The number of H-pyrrole nitrogens is 1. The van der Waals surface area contributed by atoms with Crippen LogP contribution in [0.15, 0.2) is 69.8 Å². The number of carbonyl (C=O) groups is 1. The van der Waals surface area contributed by atoms with Crippen LogP contribution in [0.5, 0.6) is 0 Å². The number of thiophene rings is 1. The molecular weight excluding hydrogens is 479 g/mol. The molecule has 2 N–H and O–H groups in total. The van der Waals surface area contributed by atoms with Crippen molar-refractivity contribution in [2.75, 3.05) is 0 Å². The first kappa shape index (κ1) is 22.8. The number of halogens is 3. The first-order valence-corrected chi connectivity index (χ1v) is 11.6. The number of alkyl halides is 3. The third-order valence-corrected chi connectivity index (χ3v) is 6.03. The van der Waals surface area contributed by atoms with E-state index in [2.05, 4.69) is 25.5 Å². The van der Waals surface area contributed by atoms with Crippen LogP contribution in [0.1, 0.15) is 35.3 Å². The summed E-state index contributed by atoms with van der Waals surface area (Å²) in [6, 6.07) is 15.2. The summed E-state index contributed by atoms with van der Waals surface area (Å²) >= 11 is 1.51. The molecule has 0 fully saturated rings. The molecule has 2 aromatic carbocycles. The Labute approximate surface area is 201 Å². The third kappa shape index (κ3) is 5.09. The lowest BCUT2D eigenvalue weighted by Crippen LogP contribution is -2.29. The molecule has 0 bridgehead atoms. The van der Waals surface area contributed by atoms with Crippen molar-refractivity contribution in [1.29, 1.82) is 0 Å². The maximum absolute atomic E-state index is 13.1. The first-order valence-electron chi connectivity index (χ1n) is 10.6. The topological polar surface area (TPSA) is 96.7 Å². The van der Waals surface area contributed by atoms with Gasteiger partial charge in [-0.05, 0) is 34.7 Å². The number of amides is 1. The van der Waals surface area contributed by atoms with Crippen LogP contribution in [0, 0.1) is 0 Å². The standard InChI is InChI=1S/C24H18F3N5O2S/c25-24(26,27)23-28-17-7-6-15(12-18(17)29-23)21(14-4-2-1-3-5-14)30-19(33)8-9-20-31-32-22(34-20)16-10-11-35-13-16/h1-7,10-13,21H,8-9H2,(H,28,29)(H,30,33). The zero-order valence-corrected chi connectivity index (χ0v) is 18.9. The number of aromatic amines is 1. The molecule has 0 saturated heterocycles.